The maximum absolute atomic E-state index is 3.67. The van der Waals surface area contributed by atoms with E-state index >= 15 is 0 Å². The molecule has 2 aromatic rings. The highest BCUT2D eigenvalue weighted by Gasteiger charge is 1.98. The Bertz CT molecular complexity index is 384. The smallest absolute Gasteiger partial charge is 0.0897 e. The average Bonchev–Trinajstić information content (AvgIpc) is 2.57. The normalized spacial score (nSPS) is 10.2. The van der Waals surface area contributed by atoms with Gasteiger partial charge in [0.25, 0.3) is 0 Å². The molecule has 1 aromatic carbocycles. The van der Waals surface area contributed by atoms with Crippen LogP contribution in [0.3, 0.4) is 0 Å². The molecule has 0 atom stereocenters. The molecule has 1 heterocycles. The molecule has 13 heavy (non-hydrogen) atoms. The summed E-state index contributed by atoms with van der Waals surface area (Å²) < 4.78 is 1.33. The highest BCUT2D eigenvalue weighted by Crippen LogP contribution is 2.28. The topological polar surface area (TPSA) is 12.0 Å². The van der Waals surface area contributed by atoms with Gasteiger partial charge in [-0.1, -0.05) is 24.3 Å². The van der Waals surface area contributed by atoms with Crippen molar-refractivity contribution >= 4 is 26.4 Å². The predicted molar refractivity (Wildman–Crippen MR) is 60.5 cm³/mol. The molecule has 1 nitrogen and oxygen atoms in total. The number of hydrogen-bond donors (Lipinski definition) is 1. The van der Waals surface area contributed by atoms with E-state index in [-0.39, 0.29) is 0 Å². The molecule has 2 rings (SSSR count). The minimum atomic E-state index is 0.826. The summed E-state index contributed by atoms with van der Waals surface area (Å²) in [7, 11) is 0. The maximum Gasteiger partial charge on any atom is 0.0897 e. The number of rotatable bonds is 3. The van der Waals surface area contributed by atoms with Gasteiger partial charge in [-0.25, -0.2) is 0 Å². The second-order valence-corrected chi connectivity index (χ2v) is 3.90. The molecule has 0 spiro atoms. The molecule has 0 aliphatic carbocycles. The molecule has 0 amide bonds. The summed E-state index contributed by atoms with van der Waals surface area (Å²) in [5, 5.41) is 5.80. The van der Waals surface area contributed by atoms with Crippen molar-refractivity contribution < 1.29 is 0 Å². The Balaban J connectivity index is 2.32. The Kier molecular flexibility index (Phi) is 2.32. The summed E-state index contributed by atoms with van der Waals surface area (Å²) in [6.07, 6.45) is 1.87. The van der Waals surface area contributed by atoms with E-state index in [0.717, 1.165) is 6.54 Å². The molecular weight excluding hydrogens is 178 g/mol. The van der Waals surface area contributed by atoms with E-state index in [0.29, 0.717) is 0 Å². The summed E-state index contributed by atoms with van der Waals surface area (Å²) in [5.41, 5.74) is 0. The molecular formula is C11H11NS. The van der Waals surface area contributed by atoms with Crippen molar-refractivity contribution in [3.8, 4) is 0 Å². The van der Waals surface area contributed by atoms with Crippen LogP contribution in [-0.4, -0.2) is 6.54 Å². The van der Waals surface area contributed by atoms with Crippen molar-refractivity contribution in [2.24, 2.45) is 0 Å². The molecule has 0 unspecified atom stereocenters. The zero-order valence-corrected chi connectivity index (χ0v) is 8.10. The Labute approximate surface area is 81.7 Å². The Morgan fingerprint density at radius 3 is 3.00 bits per heavy atom. The molecule has 2 heteroatoms. The summed E-state index contributed by atoms with van der Waals surface area (Å²) in [6, 6.07) is 10.6. The molecule has 66 valence electrons. The quantitative estimate of drug-likeness (QED) is 0.729. The number of fused-ring (bicyclic) bond motifs is 1. The van der Waals surface area contributed by atoms with Gasteiger partial charge in [0, 0.05) is 11.2 Å². The molecule has 0 bridgehead atoms. The molecule has 1 aromatic heterocycles. The lowest BCUT2D eigenvalue weighted by Gasteiger charge is -1.94. The second-order valence-electron chi connectivity index (χ2n) is 2.82. The van der Waals surface area contributed by atoms with Crippen molar-refractivity contribution in [3.63, 3.8) is 0 Å². The first-order chi connectivity index (χ1) is 6.40. The van der Waals surface area contributed by atoms with E-state index in [1.807, 2.05) is 6.08 Å². The Hall–Kier alpha value is -1.28. The van der Waals surface area contributed by atoms with E-state index in [9.17, 15) is 0 Å². The van der Waals surface area contributed by atoms with Gasteiger partial charge >= 0.3 is 0 Å². The molecule has 1 N–H and O–H groups in total. The van der Waals surface area contributed by atoms with Crippen molar-refractivity contribution in [1.29, 1.82) is 0 Å². The van der Waals surface area contributed by atoms with Crippen LogP contribution in [0.25, 0.3) is 10.1 Å². The monoisotopic (exact) mass is 189 g/mol. The third kappa shape index (κ3) is 1.73. The molecule has 0 saturated carbocycles. The van der Waals surface area contributed by atoms with Gasteiger partial charge in [-0.15, -0.1) is 17.9 Å². The van der Waals surface area contributed by atoms with Gasteiger partial charge < -0.3 is 5.32 Å². The van der Waals surface area contributed by atoms with Crippen LogP contribution in [0.1, 0.15) is 0 Å². The maximum atomic E-state index is 3.67. The first-order valence-corrected chi connectivity index (χ1v) is 5.05. The fourth-order valence-corrected chi connectivity index (χ4v) is 2.21. The largest absolute Gasteiger partial charge is 0.373 e. The van der Waals surface area contributed by atoms with Crippen molar-refractivity contribution in [3.05, 3.63) is 43.0 Å². The van der Waals surface area contributed by atoms with Gasteiger partial charge in [-0.2, -0.15) is 0 Å². The van der Waals surface area contributed by atoms with Gasteiger partial charge in [-0.05, 0) is 17.5 Å². The zero-order valence-electron chi connectivity index (χ0n) is 7.29. The third-order valence-electron chi connectivity index (χ3n) is 1.85. The lowest BCUT2D eigenvalue weighted by Crippen LogP contribution is -1.93. The first-order valence-electron chi connectivity index (χ1n) is 4.23. The summed E-state index contributed by atoms with van der Waals surface area (Å²) in [4.78, 5) is 0. The minimum Gasteiger partial charge on any atom is -0.373 e. The van der Waals surface area contributed by atoms with Crippen LogP contribution >= 0.6 is 11.3 Å². The van der Waals surface area contributed by atoms with E-state index < -0.39 is 0 Å². The summed E-state index contributed by atoms with van der Waals surface area (Å²) in [5.74, 6) is 0. The SMILES string of the molecule is C=CCNc1cc2ccccc2s1. The van der Waals surface area contributed by atoms with E-state index in [2.05, 4.69) is 42.2 Å². The van der Waals surface area contributed by atoms with Gasteiger partial charge in [-0.3, -0.25) is 0 Å². The van der Waals surface area contributed by atoms with Crippen LogP contribution < -0.4 is 5.32 Å². The van der Waals surface area contributed by atoms with Crippen LogP contribution in [0.15, 0.2) is 43.0 Å². The second kappa shape index (κ2) is 3.62. The predicted octanol–water partition coefficient (Wildman–Crippen LogP) is 3.50. The minimum absolute atomic E-state index is 0.826. The molecule has 0 fully saturated rings. The van der Waals surface area contributed by atoms with Crippen LogP contribution in [-0.2, 0) is 0 Å². The van der Waals surface area contributed by atoms with E-state index in [1.165, 1.54) is 15.1 Å². The molecule has 0 radical (unpaired) electrons. The number of thiophene rings is 1. The summed E-state index contributed by atoms with van der Waals surface area (Å²) >= 11 is 1.78. The van der Waals surface area contributed by atoms with Crippen molar-refractivity contribution in [1.82, 2.24) is 0 Å². The number of benzene rings is 1. The van der Waals surface area contributed by atoms with Crippen molar-refractivity contribution in [2.45, 2.75) is 0 Å². The molecule has 0 aliphatic rings. The van der Waals surface area contributed by atoms with Crippen molar-refractivity contribution in [2.75, 3.05) is 11.9 Å². The Morgan fingerprint density at radius 2 is 2.23 bits per heavy atom. The fraction of sp³-hybridized carbons (Fsp3) is 0.0909. The van der Waals surface area contributed by atoms with Crippen LogP contribution in [0.2, 0.25) is 0 Å². The number of hydrogen-bond acceptors (Lipinski definition) is 2. The van der Waals surface area contributed by atoms with E-state index in [4.69, 9.17) is 0 Å². The van der Waals surface area contributed by atoms with Crippen LogP contribution in [0, 0.1) is 0 Å². The molecule has 0 aliphatic heterocycles. The van der Waals surface area contributed by atoms with Crippen LogP contribution in [0.5, 0.6) is 0 Å². The Morgan fingerprint density at radius 1 is 1.38 bits per heavy atom. The lowest BCUT2D eigenvalue weighted by atomic mass is 10.3. The first kappa shape index (κ1) is 8.32. The number of anilines is 1. The summed E-state index contributed by atoms with van der Waals surface area (Å²) in [6.45, 7) is 4.50. The number of nitrogens with one attached hydrogen (secondary N) is 1. The van der Waals surface area contributed by atoms with Crippen LogP contribution in [0.4, 0.5) is 5.00 Å². The van der Waals surface area contributed by atoms with Gasteiger partial charge in [0.15, 0.2) is 0 Å². The van der Waals surface area contributed by atoms with E-state index in [1.54, 1.807) is 11.3 Å². The van der Waals surface area contributed by atoms with Gasteiger partial charge in [0.05, 0.1) is 5.00 Å². The average molecular weight is 189 g/mol. The lowest BCUT2D eigenvalue weighted by molar-refractivity contribution is 1.37. The molecule has 0 saturated heterocycles. The highest BCUT2D eigenvalue weighted by atomic mass is 32.1. The van der Waals surface area contributed by atoms with Gasteiger partial charge in [0.2, 0.25) is 0 Å². The zero-order chi connectivity index (χ0) is 9.10. The highest BCUT2D eigenvalue weighted by molar-refractivity contribution is 7.22. The van der Waals surface area contributed by atoms with Gasteiger partial charge in [0.1, 0.15) is 0 Å². The third-order valence-corrected chi connectivity index (χ3v) is 2.92. The standard InChI is InChI=1S/C11H11NS/c1-2-7-12-11-8-9-5-3-4-6-10(9)13-11/h2-6,8,12H,1,7H2. The fourth-order valence-electron chi connectivity index (χ4n) is 1.24.